The normalized spacial score (nSPS) is 14.2. The lowest BCUT2D eigenvalue weighted by Gasteiger charge is -2.29. The molecule has 2 atom stereocenters. The van der Waals surface area contributed by atoms with Crippen molar-refractivity contribution >= 4 is 29.3 Å². The number of amides is 1. The summed E-state index contributed by atoms with van der Waals surface area (Å²) in [5.74, 6) is -0.464. The molecule has 0 aliphatic carbocycles. The zero-order valence-corrected chi connectivity index (χ0v) is 12.3. The number of aliphatic hydroxyl groups excluding tert-OH is 1. The fourth-order valence-corrected chi connectivity index (χ4v) is 2.55. The Balaban J connectivity index is 3.11. The van der Waals surface area contributed by atoms with Crippen LogP contribution in [0.5, 0.6) is 0 Å². The molecule has 19 heavy (non-hydrogen) atoms. The molecule has 0 aromatic heterocycles. The summed E-state index contributed by atoms with van der Waals surface area (Å²) in [4.78, 5) is 11.0. The summed E-state index contributed by atoms with van der Waals surface area (Å²) in [5, 5.41) is 10.5. The molecule has 4 nitrogen and oxygen atoms in total. The van der Waals surface area contributed by atoms with E-state index in [-0.39, 0.29) is 12.5 Å². The Morgan fingerprint density at radius 2 is 2.05 bits per heavy atom. The molecule has 1 aromatic carbocycles. The van der Waals surface area contributed by atoms with E-state index in [1.54, 1.807) is 18.2 Å². The third-order valence-corrected chi connectivity index (χ3v) is 3.43. The summed E-state index contributed by atoms with van der Waals surface area (Å²) in [6.45, 7) is 3.54. The second-order valence-electron chi connectivity index (χ2n) is 4.60. The van der Waals surface area contributed by atoms with Crippen molar-refractivity contribution in [1.82, 2.24) is 0 Å². The Kier molecular flexibility index (Phi) is 5.91. The summed E-state index contributed by atoms with van der Waals surface area (Å²) in [5.41, 5.74) is 5.74. The van der Waals surface area contributed by atoms with Gasteiger partial charge < -0.3 is 15.6 Å². The topological polar surface area (TPSA) is 72.5 Å². The predicted molar refractivity (Wildman–Crippen MR) is 75.6 cm³/mol. The highest BCUT2D eigenvalue weighted by molar-refractivity contribution is 6.35. The minimum absolute atomic E-state index is 0.0172. The second kappa shape index (κ2) is 6.98. The number of nitrogens with two attached hydrogens (primary N) is 1. The first-order valence-electron chi connectivity index (χ1n) is 5.88. The summed E-state index contributed by atoms with van der Waals surface area (Å²) >= 11 is 12.0. The number of carbonyl (C=O) groups excluding carboxylic acids is 1. The van der Waals surface area contributed by atoms with Gasteiger partial charge in [-0.15, -0.1) is 0 Å². The zero-order valence-electron chi connectivity index (χ0n) is 10.8. The number of aliphatic hydroxyl groups is 1. The highest BCUT2D eigenvalue weighted by Gasteiger charge is 2.30. The van der Waals surface area contributed by atoms with Crippen LogP contribution in [0.4, 0.5) is 4.79 Å². The Bertz CT molecular complexity index is 452. The van der Waals surface area contributed by atoms with Crippen molar-refractivity contribution in [3.63, 3.8) is 0 Å². The number of rotatable bonds is 5. The van der Waals surface area contributed by atoms with Gasteiger partial charge >= 0.3 is 6.09 Å². The van der Waals surface area contributed by atoms with Gasteiger partial charge in [0.05, 0.1) is 6.61 Å². The highest BCUT2D eigenvalue weighted by Crippen LogP contribution is 2.33. The number of halogens is 2. The second-order valence-corrected chi connectivity index (χ2v) is 5.44. The average molecular weight is 306 g/mol. The van der Waals surface area contributed by atoms with Gasteiger partial charge in [0.25, 0.3) is 0 Å². The largest absolute Gasteiger partial charge is 0.445 e. The highest BCUT2D eigenvalue weighted by atomic mass is 35.5. The first-order chi connectivity index (χ1) is 8.86. The van der Waals surface area contributed by atoms with Crippen LogP contribution in [-0.4, -0.2) is 23.9 Å². The molecule has 1 aromatic rings. The lowest BCUT2D eigenvalue weighted by atomic mass is 9.87. The van der Waals surface area contributed by atoms with Crippen LogP contribution in [0, 0.1) is 5.92 Å². The van der Waals surface area contributed by atoms with E-state index in [9.17, 15) is 9.90 Å². The van der Waals surface area contributed by atoms with E-state index >= 15 is 0 Å². The van der Waals surface area contributed by atoms with Crippen LogP contribution in [0.2, 0.25) is 10.0 Å². The Morgan fingerprint density at radius 1 is 1.42 bits per heavy atom. The minimum Gasteiger partial charge on any atom is -0.445 e. The number of carbonyl (C=O) groups is 1. The first-order valence-corrected chi connectivity index (χ1v) is 6.64. The van der Waals surface area contributed by atoms with Crippen LogP contribution < -0.4 is 5.73 Å². The SMILES string of the molecule is CC(C)C(OC(N)=O)C(CO)c1ccc(Cl)cc1Cl. The molecule has 0 saturated heterocycles. The number of ether oxygens (including phenoxy) is 1. The smallest absolute Gasteiger partial charge is 0.404 e. The van der Waals surface area contributed by atoms with Crippen LogP contribution in [0.25, 0.3) is 0 Å². The summed E-state index contributed by atoms with van der Waals surface area (Å²) < 4.78 is 5.09. The van der Waals surface area contributed by atoms with E-state index in [0.29, 0.717) is 15.6 Å². The van der Waals surface area contributed by atoms with Crippen LogP contribution in [0.3, 0.4) is 0 Å². The van der Waals surface area contributed by atoms with Gasteiger partial charge in [-0.2, -0.15) is 0 Å². The van der Waals surface area contributed by atoms with Gasteiger partial charge in [-0.1, -0.05) is 43.1 Å². The standard InChI is InChI=1S/C13H17Cl2NO3/c1-7(2)12(19-13(16)18)10(6-17)9-4-3-8(14)5-11(9)15/h3-5,7,10,12,17H,6H2,1-2H3,(H2,16,18). The lowest BCUT2D eigenvalue weighted by molar-refractivity contribution is 0.0435. The maximum Gasteiger partial charge on any atom is 0.404 e. The molecule has 0 aliphatic rings. The minimum atomic E-state index is -0.873. The van der Waals surface area contributed by atoms with Crippen molar-refractivity contribution in [2.75, 3.05) is 6.61 Å². The van der Waals surface area contributed by atoms with Crippen molar-refractivity contribution < 1.29 is 14.6 Å². The molecule has 2 unspecified atom stereocenters. The third-order valence-electron chi connectivity index (χ3n) is 2.86. The van der Waals surface area contributed by atoms with Crippen molar-refractivity contribution in [3.8, 4) is 0 Å². The van der Waals surface area contributed by atoms with Gasteiger partial charge in [0, 0.05) is 16.0 Å². The van der Waals surface area contributed by atoms with Crippen LogP contribution in [0.15, 0.2) is 18.2 Å². The molecule has 0 heterocycles. The van der Waals surface area contributed by atoms with Gasteiger partial charge in [0.1, 0.15) is 6.10 Å². The number of benzene rings is 1. The molecular formula is C13H17Cl2NO3. The molecule has 0 bridgehead atoms. The number of hydrogen-bond donors (Lipinski definition) is 2. The monoisotopic (exact) mass is 305 g/mol. The molecule has 0 spiro atoms. The number of hydrogen-bond acceptors (Lipinski definition) is 3. The van der Waals surface area contributed by atoms with Crippen molar-refractivity contribution in [2.45, 2.75) is 25.9 Å². The van der Waals surface area contributed by atoms with Gasteiger partial charge in [-0.25, -0.2) is 4.79 Å². The van der Waals surface area contributed by atoms with Gasteiger partial charge in [-0.05, 0) is 23.6 Å². The van der Waals surface area contributed by atoms with E-state index in [4.69, 9.17) is 33.7 Å². The summed E-state index contributed by atoms with van der Waals surface area (Å²) in [7, 11) is 0. The maximum absolute atomic E-state index is 11.0. The molecule has 0 aliphatic heterocycles. The van der Waals surface area contributed by atoms with E-state index in [2.05, 4.69) is 0 Å². The van der Waals surface area contributed by atoms with E-state index in [1.165, 1.54) is 0 Å². The Hall–Kier alpha value is -0.970. The molecule has 3 N–H and O–H groups in total. The van der Waals surface area contributed by atoms with Gasteiger partial charge in [0.2, 0.25) is 0 Å². The van der Waals surface area contributed by atoms with Crippen molar-refractivity contribution in [1.29, 1.82) is 0 Å². The van der Waals surface area contributed by atoms with Crippen molar-refractivity contribution in [3.05, 3.63) is 33.8 Å². The zero-order chi connectivity index (χ0) is 14.6. The third kappa shape index (κ3) is 4.27. The molecule has 1 amide bonds. The molecular weight excluding hydrogens is 289 g/mol. The average Bonchev–Trinajstić information content (AvgIpc) is 2.30. The quantitative estimate of drug-likeness (QED) is 0.877. The van der Waals surface area contributed by atoms with Gasteiger partial charge in [0.15, 0.2) is 0 Å². The summed E-state index contributed by atoms with van der Waals surface area (Å²) in [6, 6.07) is 4.97. The van der Waals surface area contributed by atoms with E-state index < -0.39 is 18.1 Å². The van der Waals surface area contributed by atoms with E-state index in [1.807, 2.05) is 13.8 Å². The maximum atomic E-state index is 11.0. The molecule has 6 heteroatoms. The van der Waals surface area contributed by atoms with E-state index in [0.717, 1.165) is 0 Å². The van der Waals surface area contributed by atoms with Crippen LogP contribution in [-0.2, 0) is 4.74 Å². The molecule has 0 fully saturated rings. The van der Waals surface area contributed by atoms with Crippen molar-refractivity contribution in [2.24, 2.45) is 11.7 Å². The predicted octanol–water partition coefficient (Wildman–Crippen LogP) is 3.19. The molecule has 0 saturated carbocycles. The number of primary amides is 1. The fourth-order valence-electron chi connectivity index (χ4n) is 2.00. The molecule has 1 rings (SSSR count). The fraction of sp³-hybridized carbons (Fsp3) is 0.462. The Labute approximate surface area is 122 Å². The first kappa shape index (κ1) is 16.1. The molecule has 106 valence electrons. The summed E-state index contributed by atoms with van der Waals surface area (Å²) in [6.07, 6.45) is -1.43. The van der Waals surface area contributed by atoms with Crippen LogP contribution >= 0.6 is 23.2 Å². The van der Waals surface area contributed by atoms with Crippen LogP contribution in [0.1, 0.15) is 25.3 Å². The lowest BCUT2D eigenvalue weighted by Crippen LogP contribution is -2.34. The van der Waals surface area contributed by atoms with Gasteiger partial charge in [-0.3, -0.25) is 0 Å². The Morgan fingerprint density at radius 3 is 2.47 bits per heavy atom. The molecule has 0 radical (unpaired) electrons.